The van der Waals surface area contributed by atoms with Crippen LogP contribution in [0.1, 0.15) is 17.7 Å². The highest BCUT2D eigenvalue weighted by Gasteiger charge is 2.31. The minimum absolute atomic E-state index is 0.368. The van der Waals surface area contributed by atoms with Crippen LogP contribution in [0.25, 0.3) is 10.9 Å². The van der Waals surface area contributed by atoms with Gasteiger partial charge in [0.25, 0.3) is 5.91 Å². The molecular formula is C21H21N3O3S. The first-order chi connectivity index (χ1) is 13.7. The van der Waals surface area contributed by atoms with Gasteiger partial charge >= 0.3 is 0 Å². The number of fused-ring (bicyclic) bond motifs is 1. The highest BCUT2D eigenvalue weighted by molar-refractivity contribution is 8.01. The van der Waals surface area contributed by atoms with Crippen molar-refractivity contribution in [3.8, 4) is 5.75 Å². The van der Waals surface area contributed by atoms with Crippen molar-refractivity contribution in [2.75, 3.05) is 10.1 Å². The lowest BCUT2D eigenvalue weighted by Crippen LogP contribution is -2.39. The molecule has 1 amide bonds. The Morgan fingerprint density at radius 1 is 1.29 bits per heavy atom. The van der Waals surface area contributed by atoms with E-state index in [1.807, 2.05) is 53.7 Å². The molecule has 2 heterocycles. The molecule has 0 spiro atoms. The number of carbonyl (C=O) groups excluding carboxylic acids is 1. The molecule has 1 unspecified atom stereocenters. The molecule has 144 valence electrons. The van der Waals surface area contributed by atoms with Crippen LogP contribution in [0.4, 0.5) is 5.69 Å². The molecule has 28 heavy (non-hydrogen) atoms. The Balaban J connectivity index is 1.48. The molecule has 6 nitrogen and oxygen atoms in total. The van der Waals surface area contributed by atoms with Crippen LogP contribution in [-0.2, 0) is 11.4 Å². The number of amides is 1. The van der Waals surface area contributed by atoms with Gasteiger partial charge in [-0.1, -0.05) is 18.2 Å². The lowest BCUT2D eigenvalue weighted by Gasteiger charge is -2.23. The molecule has 0 aliphatic carbocycles. The van der Waals surface area contributed by atoms with E-state index in [1.165, 1.54) is 0 Å². The van der Waals surface area contributed by atoms with E-state index in [9.17, 15) is 4.79 Å². The van der Waals surface area contributed by atoms with E-state index in [-0.39, 0.29) is 11.9 Å². The van der Waals surface area contributed by atoms with E-state index >= 15 is 0 Å². The minimum atomic E-state index is -0.384. The van der Waals surface area contributed by atoms with Crippen molar-refractivity contribution in [1.29, 1.82) is 0 Å². The third-order valence-electron chi connectivity index (χ3n) is 4.73. The Kier molecular flexibility index (Phi) is 5.36. The van der Waals surface area contributed by atoms with Crippen molar-refractivity contribution in [3.63, 3.8) is 0 Å². The summed E-state index contributed by atoms with van der Waals surface area (Å²) >= 11 is 1.58. The smallest absolute Gasteiger partial charge is 0.267 e. The van der Waals surface area contributed by atoms with Crippen LogP contribution in [0.5, 0.6) is 5.75 Å². The molecule has 3 aromatic rings. The molecule has 1 aromatic heterocycles. The van der Waals surface area contributed by atoms with Gasteiger partial charge in [0.15, 0.2) is 0 Å². The average molecular weight is 395 g/mol. The second-order valence-corrected chi connectivity index (χ2v) is 7.72. The van der Waals surface area contributed by atoms with Crippen molar-refractivity contribution in [2.45, 2.75) is 26.0 Å². The standard InChI is InChI=1S/C21H21N3O3S/c1-14-12-15(18-4-2-3-5-19(18)22-14)13-27-17-8-6-16(7-9-17)24-20(10-11-28-24)21(25)23-26/h2-9,12,20,26H,10-11,13H2,1H3,(H,23,25). The first kappa shape index (κ1) is 18.6. The number of hydrogen-bond donors (Lipinski definition) is 2. The summed E-state index contributed by atoms with van der Waals surface area (Å²) in [5, 5.41) is 10.0. The molecule has 0 bridgehead atoms. The fraction of sp³-hybridized carbons (Fsp3) is 0.238. The monoisotopic (exact) mass is 395 g/mol. The molecular weight excluding hydrogens is 374 g/mol. The van der Waals surface area contributed by atoms with Gasteiger partial charge in [-0.2, -0.15) is 0 Å². The Morgan fingerprint density at radius 2 is 2.07 bits per heavy atom. The van der Waals surface area contributed by atoms with Crippen molar-refractivity contribution in [2.24, 2.45) is 0 Å². The summed E-state index contributed by atoms with van der Waals surface area (Å²) in [6, 6.07) is 17.4. The van der Waals surface area contributed by atoms with Gasteiger partial charge in [0.2, 0.25) is 0 Å². The van der Waals surface area contributed by atoms with E-state index < -0.39 is 0 Å². The summed E-state index contributed by atoms with van der Waals surface area (Å²) in [4.78, 5) is 16.4. The van der Waals surface area contributed by atoms with Crippen LogP contribution in [-0.4, -0.2) is 27.9 Å². The molecule has 1 atom stereocenters. The highest BCUT2D eigenvalue weighted by atomic mass is 32.2. The lowest BCUT2D eigenvalue weighted by molar-refractivity contribution is -0.130. The summed E-state index contributed by atoms with van der Waals surface area (Å²) in [7, 11) is 0. The number of aromatic nitrogens is 1. The number of pyridine rings is 1. The normalized spacial score (nSPS) is 16.4. The quantitative estimate of drug-likeness (QED) is 0.388. The van der Waals surface area contributed by atoms with Crippen molar-refractivity contribution < 1.29 is 14.7 Å². The van der Waals surface area contributed by atoms with E-state index in [1.54, 1.807) is 17.4 Å². The fourth-order valence-corrected chi connectivity index (χ4v) is 4.58. The number of benzene rings is 2. The summed E-state index contributed by atoms with van der Waals surface area (Å²) in [6.07, 6.45) is 0.698. The highest BCUT2D eigenvalue weighted by Crippen LogP contribution is 2.34. The summed E-state index contributed by atoms with van der Waals surface area (Å²) < 4.78 is 7.92. The average Bonchev–Trinajstić information content (AvgIpc) is 3.21. The Hall–Kier alpha value is -2.77. The van der Waals surface area contributed by atoms with Crippen molar-refractivity contribution in [3.05, 3.63) is 65.9 Å². The molecule has 1 aliphatic rings. The third kappa shape index (κ3) is 3.76. The summed E-state index contributed by atoms with van der Waals surface area (Å²) in [5.41, 5.74) is 5.69. The minimum Gasteiger partial charge on any atom is -0.489 e. The predicted molar refractivity (Wildman–Crippen MR) is 111 cm³/mol. The third-order valence-corrected chi connectivity index (χ3v) is 5.89. The largest absolute Gasteiger partial charge is 0.489 e. The van der Waals surface area contributed by atoms with E-state index in [0.29, 0.717) is 13.0 Å². The Bertz CT molecular complexity index is 994. The number of ether oxygens (including phenoxy) is 1. The van der Waals surface area contributed by atoms with Crippen LogP contribution < -0.4 is 14.5 Å². The van der Waals surface area contributed by atoms with Crippen LogP contribution in [0.15, 0.2) is 54.6 Å². The molecule has 0 saturated carbocycles. The number of aryl methyl sites for hydroxylation is 1. The molecule has 2 aromatic carbocycles. The number of para-hydroxylation sites is 1. The first-order valence-corrected chi connectivity index (χ1v) is 10.0. The molecule has 0 radical (unpaired) electrons. The first-order valence-electron chi connectivity index (χ1n) is 9.10. The van der Waals surface area contributed by atoms with Gasteiger partial charge in [-0.25, -0.2) is 5.48 Å². The Morgan fingerprint density at radius 3 is 2.86 bits per heavy atom. The lowest BCUT2D eigenvalue weighted by atomic mass is 10.1. The van der Waals surface area contributed by atoms with Crippen molar-refractivity contribution in [1.82, 2.24) is 10.5 Å². The zero-order chi connectivity index (χ0) is 19.5. The van der Waals surface area contributed by atoms with Gasteiger partial charge in [0.1, 0.15) is 18.4 Å². The number of anilines is 1. The zero-order valence-corrected chi connectivity index (χ0v) is 16.3. The van der Waals surface area contributed by atoms with E-state index in [4.69, 9.17) is 9.94 Å². The van der Waals surface area contributed by atoms with E-state index in [2.05, 4.69) is 17.1 Å². The molecule has 1 aliphatic heterocycles. The molecule has 1 saturated heterocycles. The number of nitrogens with one attached hydrogen (secondary N) is 1. The molecule has 4 rings (SSSR count). The number of nitrogens with zero attached hydrogens (tertiary/aromatic N) is 2. The zero-order valence-electron chi connectivity index (χ0n) is 15.5. The van der Waals surface area contributed by atoms with E-state index in [0.717, 1.165) is 39.4 Å². The van der Waals surface area contributed by atoms with Gasteiger partial charge in [0.05, 0.1) is 5.52 Å². The van der Waals surface area contributed by atoms with Gasteiger partial charge in [0, 0.05) is 28.1 Å². The van der Waals surface area contributed by atoms with Crippen LogP contribution in [0.3, 0.4) is 0 Å². The number of hydroxylamine groups is 1. The predicted octanol–water partition coefficient (Wildman–Crippen LogP) is 3.85. The van der Waals surface area contributed by atoms with Crippen LogP contribution in [0.2, 0.25) is 0 Å². The Labute approximate surface area is 167 Å². The fourth-order valence-electron chi connectivity index (χ4n) is 3.40. The van der Waals surface area contributed by atoms with Gasteiger partial charge in [-0.05, 0) is 61.7 Å². The van der Waals surface area contributed by atoms with Gasteiger partial charge in [-0.15, -0.1) is 0 Å². The second-order valence-electron chi connectivity index (χ2n) is 6.66. The van der Waals surface area contributed by atoms with Crippen LogP contribution in [0, 0.1) is 6.92 Å². The maximum absolute atomic E-state index is 11.8. The topological polar surface area (TPSA) is 74.7 Å². The number of rotatable bonds is 5. The van der Waals surface area contributed by atoms with Gasteiger partial charge in [-0.3, -0.25) is 15.0 Å². The number of hydrogen-bond acceptors (Lipinski definition) is 6. The summed E-state index contributed by atoms with van der Waals surface area (Å²) in [5.74, 6) is 1.21. The maximum atomic E-state index is 11.8. The van der Waals surface area contributed by atoms with Crippen molar-refractivity contribution >= 4 is 34.4 Å². The molecule has 2 N–H and O–H groups in total. The SMILES string of the molecule is Cc1cc(COc2ccc(N3SCCC3C(=O)NO)cc2)c2ccccc2n1. The maximum Gasteiger partial charge on any atom is 0.267 e. The van der Waals surface area contributed by atoms with Gasteiger partial charge < -0.3 is 9.04 Å². The summed E-state index contributed by atoms with van der Waals surface area (Å²) in [6.45, 7) is 2.44. The molecule has 7 heteroatoms. The second kappa shape index (κ2) is 8.08. The number of carbonyl (C=O) groups is 1. The molecule has 1 fully saturated rings. The van der Waals surface area contributed by atoms with Crippen LogP contribution >= 0.6 is 11.9 Å².